The Morgan fingerprint density at radius 2 is 2.17 bits per heavy atom. The Morgan fingerprint density at radius 1 is 1.39 bits per heavy atom. The number of nitrogens with one attached hydrogen (secondary N) is 2. The fraction of sp³-hybridized carbons (Fsp3) is 0.533. The minimum atomic E-state index is 0.0587. The summed E-state index contributed by atoms with van der Waals surface area (Å²) in [7, 11) is 0. The van der Waals surface area contributed by atoms with Crippen LogP contribution in [0.1, 0.15) is 43.7 Å². The molecule has 1 saturated carbocycles. The van der Waals surface area contributed by atoms with Crippen molar-refractivity contribution >= 4 is 5.91 Å². The Bertz CT molecular complexity index is 411. The summed E-state index contributed by atoms with van der Waals surface area (Å²) >= 11 is 0. The Labute approximate surface area is 109 Å². The van der Waals surface area contributed by atoms with Crippen LogP contribution in [-0.2, 0) is 11.3 Å². The molecular weight excluding hydrogens is 224 g/mol. The van der Waals surface area contributed by atoms with Gasteiger partial charge in [0.25, 0.3) is 0 Å². The van der Waals surface area contributed by atoms with Gasteiger partial charge in [0.05, 0.1) is 6.54 Å². The second-order valence-electron chi connectivity index (χ2n) is 5.35. The van der Waals surface area contributed by atoms with E-state index in [1.165, 1.54) is 24.0 Å². The summed E-state index contributed by atoms with van der Waals surface area (Å²) in [6.07, 6.45) is 2.65. The van der Waals surface area contributed by atoms with Crippen LogP contribution in [0.25, 0.3) is 0 Å². The lowest BCUT2D eigenvalue weighted by Gasteiger charge is -2.09. The normalized spacial score (nSPS) is 14.8. The van der Waals surface area contributed by atoms with Gasteiger partial charge in [-0.05, 0) is 43.7 Å². The average Bonchev–Trinajstić information content (AvgIpc) is 3.12. The molecule has 3 heteroatoms. The monoisotopic (exact) mass is 246 g/mol. The maximum absolute atomic E-state index is 11.5. The van der Waals surface area contributed by atoms with Gasteiger partial charge in [-0.1, -0.05) is 24.3 Å². The second-order valence-corrected chi connectivity index (χ2v) is 5.35. The Balaban J connectivity index is 1.76. The molecule has 0 radical (unpaired) electrons. The van der Waals surface area contributed by atoms with Crippen molar-refractivity contribution in [1.82, 2.24) is 10.6 Å². The van der Waals surface area contributed by atoms with Crippen LogP contribution in [0.3, 0.4) is 0 Å². The smallest absolute Gasteiger partial charge is 0.234 e. The van der Waals surface area contributed by atoms with Gasteiger partial charge in [0.1, 0.15) is 0 Å². The summed E-state index contributed by atoms with van der Waals surface area (Å²) in [5.74, 6) is 0.845. The first-order valence-corrected chi connectivity index (χ1v) is 6.74. The van der Waals surface area contributed by atoms with Crippen LogP contribution in [0.15, 0.2) is 24.3 Å². The van der Waals surface area contributed by atoms with Crippen LogP contribution in [0, 0.1) is 0 Å². The molecule has 1 aliphatic rings. The van der Waals surface area contributed by atoms with Crippen molar-refractivity contribution in [2.45, 2.75) is 45.2 Å². The van der Waals surface area contributed by atoms with E-state index in [4.69, 9.17) is 0 Å². The molecule has 1 amide bonds. The first-order chi connectivity index (χ1) is 8.65. The quantitative estimate of drug-likeness (QED) is 0.807. The van der Waals surface area contributed by atoms with Gasteiger partial charge in [-0.2, -0.15) is 0 Å². The molecular formula is C15H22N2O. The molecule has 0 bridgehead atoms. The molecule has 1 aliphatic carbocycles. The zero-order chi connectivity index (χ0) is 13.0. The lowest BCUT2D eigenvalue weighted by Crippen LogP contribution is -2.37. The van der Waals surface area contributed by atoms with Crippen LogP contribution < -0.4 is 10.6 Å². The molecule has 3 nitrogen and oxygen atoms in total. The van der Waals surface area contributed by atoms with Gasteiger partial charge in [0, 0.05) is 12.6 Å². The molecule has 18 heavy (non-hydrogen) atoms. The summed E-state index contributed by atoms with van der Waals surface area (Å²) in [5, 5.41) is 6.05. The van der Waals surface area contributed by atoms with Gasteiger partial charge in [-0.15, -0.1) is 0 Å². The number of amides is 1. The van der Waals surface area contributed by atoms with Crippen molar-refractivity contribution in [1.29, 1.82) is 0 Å². The van der Waals surface area contributed by atoms with Crippen molar-refractivity contribution in [3.8, 4) is 0 Å². The number of benzene rings is 1. The lowest BCUT2D eigenvalue weighted by atomic mass is 10.1. The molecule has 0 atom stereocenters. The van der Waals surface area contributed by atoms with E-state index >= 15 is 0 Å². The highest BCUT2D eigenvalue weighted by molar-refractivity contribution is 5.78. The molecule has 0 aliphatic heterocycles. The van der Waals surface area contributed by atoms with Gasteiger partial charge in [0.2, 0.25) is 5.91 Å². The van der Waals surface area contributed by atoms with Gasteiger partial charge in [-0.3, -0.25) is 4.79 Å². The van der Waals surface area contributed by atoms with Crippen molar-refractivity contribution in [2.24, 2.45) is 0 Å². The molecule has 0 saturated heterocycles. The molecule has 1 aromatic carbocycles. The summed E-state index contributed by atoms with van der Waals surface area (Å²) in [4.78, 5) is 11.5. The summed E-state index contributed by atoms with van der Waals surface area (Å²) in [6.45, 7) is 5.08. The van der Waals surface area contributed by atoms with Crippen LogP contribution in [0.4, 0.5) is 0 Å². The van der Waals surface area contributed by atoms with Crippen LogP contribution >= 0.6 is 0 Å². The molecule has 2 N–H and O–H groups in total. The van der Waals surface area contributed by atoms with Crippen molar-refractivity contribution in [2.75, 3.05) is 6.54 Å². The van der Waals surface area contributed by atoms with E-state index in [2.05, 4.69) is 34.9 Å². The second kappa shape index (κ2) is 6.01. The first-order valence-electron chi connectivity index (χ1n) is 6.74. The van der Waals surface area contributed by atoms with Crippen LogP contribution in [-0.4, -0.2) is 18.5 Å². The van der Waals surface area contributed by atoms with Gasteiger partial charge < -0.3 is 10.6 Å². The molecule has 0 unspecified atom stereocenters. The topological polar surface area (TPSA) is 41.1 Å². The van der Waals surface area contributed by atoms with E-state index in [0.29, 0.717) is 6.54 Å². The van der Waals surface area contributed by atoms with E-state index in [1.807, 2.05) is 13.8 Å². The first kappa shape index (κ1) is 13.1. The molecule has 0 spiro atoms. The molecule has 0 aromatic heterocycles. The fourth-order valence-electron chi connectivity index (χ4n) is 2.07. The van der Waals surface area contributed by atoms with E-state index < -0.39 is 0 Å². The Morgan fingerprint density at radius 3 is 2.83 bits per heavy atom. The van der Waals surface area contributed by atoms with E-state index in [0.717, 1.165) is 12.5 Å². The summed E-state index contributed by atoms with van der Waals surface area (Å²) < 4.78 is 0. The van der Waals surface area contributed by atoms with Crippen molar-refractivity contribution < 1.29 is 4.79 Å². The number of carbonyl (C=O) groups is 1. The average molecular weight is 246 g/mol. The number of hydrogen-bond donors (Lipinski definition) is 2. The summed E-state index contributed by atoms with van der Waals surface area (Å²) in [6, 6.07) is 8.88. The highest BCUT2D eigenvalue weighted by atomic mass is 16.1. The number of carbonyl (C=O) groups excluding carboxylic acids is 1. The predicted octanol–water partition coefficient (Wildman–Crippen LogP) is 2.18. The Kier molecular flexibility index (Phi) is 4.37. The Hall–Kier alpha value is -1.35. The minimum absolute atomic E-state index is 0.0587. The van der Waals surface area contributed by atoms with E-state index in [-0.39, 0.29) is 11.9 Å². The maximum Gasteiger partial charge on any atom is 0.234 e. The highest BCUT2D eigenvalue weighted by Gasteiger charge is 2.23. The van der Waals surface area contributed by atoms with E-state index in [1.54, 1.807) is 0 Å². The van der Waals surface area contributed by atoms with Crippen molar-refractivity contribution in [3.63, 3.8) is 0 Å². The predicted molar refractivity (Wildman–Crippen MR) is 73.4 cm³/mol. The fourth-order valence-corrected chi connectivity index (χ4v) is 2.07. The largest absolute Gasteiger partial charge is 0.353 e. The van der Waals surface area contributed by atoms with Crippen LogP contribution in [0.5, 0.6) is 0 Å². The molecule has 1 fully saturated rings. The third-order valence-electron chi connectivity index (χ3n) is 3.06. The molecule has 2 rings (SSSR count). The van der Waals surface area contributed by atoms with E-state index in [9.17, 15) is 4.79 Å². The van der Waals surface area contributed by atoms with Gasteiger partial charge in [-0.25, -0.2) is 0 Å². The summed E-state index contributed by atoms with van der Waals surface area (Å²) in [5.41, 5.74) is 2.71. The molecule has 98 valence electrons. The zero-order valence-electron chi connectivity index (χ0n) is 11.2. The number of rotatable bonds is 6. The van der Waals surface area contributed by atoms with Gasteiger partial charge >= 0.3 is 0 Å². The SMILES string of the molecule is CC(C)NC(=O)CNCc1cccc(C2CC2)c1. The third kappa shape index (κ3) is 4.15. The third-order valence-corrected chi connectivity index (χ3v) is 3.06. The maximum atomic E-state index is 11.5. The molecule has 0 heterocycles. The van der Waals surface area contributed by atoms with Gasteiger partial charge in [0.15, 0.2) is 0 Å². The van der Waals surface area contributed by atoms with Crippen molar-refractivity contribution in [3.05, 3.63) is 35.4 Å². The zero-order valence-corrected chi connectivity index (χ0v) is 11.2. The number of hydrogen-bond acceptors (Lipinski definition) is 2. The lowest BCUT2D eigenvalue weighted by molar-refractivity contribution is -0.120. The van der Waals surface area contributed by atoms with Crippen LogP contribution in [0.2, 0.25) is 0 Å². The highest BCUT2D eigenvalue weighted by Crippen LogP contribution is 2.40. The standard InChI is InChI=1S/C15H22N2O/c1-11(2)17-15(18)10-16-9-12-4-3-5-14(8-12)13-6-7-13/h3-5,8,11,13,16H,6-7,9-10H2,1-2H3,(H,17,18). The molecule has 1 aromatic rings. The minimum Gasteiger partial charge on any atom is -0.353 e.